The number of pyridine rings is 2. The molecule has 1 aliphatic rings. The highest BCUT2D eigenvalue weighted by atomic mass is 16.5. The maximum absolute atomic E-state index is 13.9. The highest BCUT2D eigenvalue weighted by Crippen LogP contribution is 2.44. The summed E-state index contributed by atoms with van der Waals surface area (Å²) in [6.07, 6.45) is 9.89. The summed E-state index contributed by atoms with van der Waals surface area (Å²) in [6, 6.07) is 22.8. The first-order valence-electron chi connectivity index (χ1n) is 33.9. The van der Waals surface area contributed by atoms with Crippen molar-refractivity contribution in [1.82, 2.24) is 31.2 Å². The number of carbonyl (C=O) groups excluding carboxylic acids is 5. The molecule has 3 heterocycles. The number of carbonyl (C=O) groups is 5. The number of para-hydroxylation sites is 1. The number of allylic oxidation sites excluding steroid dienone is 2. The molecule has 2 aromatic carbocycles. The molecule has 0 spiro atoms. The Balaban J connectivity index is 0.890. The first kappa shape index (κ1) is 74.4. The number of rotatable bonds is 42. The van der Waals surface area contributed by atoms with Crippen molar-refractivity contribution in [3.63, 3.8) is 0 Å². The van der Waals surface area contributed by atoms with Gasteiger partial charge in [0, 0.05) is 125 Å². The summed E-state index contributed by atoms with van der Waals surface area (Å²) < 4.78 is 23.4. The van der Waals surface area contributed by atoms with E-state index in [0.717, 1.165) is 104 Å². The molecule has 16 nitrogen and oxygen atoms in total. The van der Waals surface area contributed by atoms with Crippen LogP contribution in [0.1, 0.15) is 207 Å². The van der Waals surface area contributed by atoms with Gasteiger partial charge in [-0.25, -0.2) is 0 Å². The van der Waals surface area contributed by atoms with Crippen LogP contribution in [0.25, 0.3) is 11.1 Å². The monoisotopic (exact) mass is 1240 g/mol. The number of unbranched alkanes of at least 4 members (excludes halogenated alkanes) is 3. The average Bonchev–Trinajstić information content (AvgIpc) is 0.776. The van der Waals surface area contributed by atoms with E-state index >= 15 is 0 Å². The summed E-state index contributed by atoms with van der Waals surface area (Å²) in [7, 11) is 0. The Kier molecular flexibility index (Phi) is 33.5. The summed E-state index contributed by atoms with van der Waals surface area (Å²) >= 11 is 0. The first-order valence-corrected chi connectivity index (χ1v) is 33.9. The number of hydrogen-bond donors (Lipinski definition) is 4. The first-order chi connectivity index (χ1) is 43.2. The second-order valence-electron chi connectivity index (χ2n) is 26.5. The molecule has 0 saturated carbocycles. The largest absolute Gasteiger partial charge is 0.381 e. The average molecular weight is 1240 g/mol. The van der Waals surface area contributed by atoms with Crippen LogP contribution >= 0.6 is 0 Å². The second kappa shape index (κ2) is 40.5. The van der Waals surface area contributed by atoms with Gasteiger partial charge >= 0.3 is 0 Å². The number of ether oxygens (including phenoxy) is 4. The lowest BCUT2D eigenvalue weighted by molar-refractivity contribution is -0.125. The van der Waals surface area contributed by atoms with Gasteiger partial charge in [0.15, 0.2) is 0 Å². The van der Waals surface area contributed by atoms with Gasteiger partial charge in [0.25, 0.3) is 11.8 Å². The Labute approximate surface area is 540 Å². The normalized spacial score (nSPS) is 13.6. The van der Waals surface area contributed by atoms with Crippen molar-refractivity contribution in [3.8, 4) is 0 Å². The number of nitrogens with one attached hydrogen (secondary N) is 4. The zero-order valence-corrected chi connectivity index (χ0v) is 56.9. The smallest absolute Gasteiger partial charge is 0.252 e. The van der Waals surface area contributed by atoms with Gasteiger partial charge in [0.1, 0.15) is 6.04 Å². The second-order valence-corrected chi connectivity index (χ2v) is 26.5. The Morgan fingerprint density at radius 3 is 1.32 bits per heavy atom. The van der Waals surface area contributed by atoms with E-state index in [1.54, 1.807) is 12.1 Å². The van der Waals surface area contributed by atoms with Crippen molar-refractivity contribution in [2.24, 2.45) is 35.5 Å². The number of amides is 5. The molecule has 4 aromatic rings. The topological polar surface area (TPSA) is 199 Å². The Bertz CT molecular complexity index is 2820. The Morgan fingerprint density at radius 2 is 0.867 bits per heavy atom. The molecule has 2 aromatic heterocycles. The third-order valence-electron chi connectivity index (χ3n) is 15.4. The molecule has 4 N–H and O–H groups in total. The Morgan fingerprint density at radius 1 is 0.467 bits per heavy atom. The number of anilines is 1. The van der Waals surface area contributed by atoms with Gasteiger partial charge < -0.3 is 45.1 Å². The van der Waals surface area contributed by atoms with Gasteiger partial charge in [0.2, 0.25) is 17.7 Å². The van der Waals surface area contributed by atoms with E-state index < -0.39 is 17.9 Å². The number of fused-ring (bicyclic) bond motifs is 2. The van der Waals surface area contributed by atoms with Crippen molar-refractivity contribution in [2.75, 3.05) is 77.4 Å². The predicted molar refractivity (Wildman–Crippen MR) is 362 cm³/mol. The molecule has 0 saturated heterocycles. The van der Waals surface area contributed by atoms with Crippen LogP contribution in [0.2, 0.25) is 0 Å². The highest BCUT2D eigenvalue weighted by Gasteiger charge is 2.30. The van der Waals surface area contributed by atoms with Gasteiger partial charge in [0.05, 0.1) is 12.2 Å². The summed E-state index contributed by atoms with van der Waals surface area (Å²) in [5.41, 5.74) is 11.2. The summed E-state index contributed by atoms with van der Waals surface area (Å²) in [5.74, 6) is 0.672. The molecule has 0 aliphatic carbocycles. The van der Waals surface area contributed by atoms with Crippen molar-refractivity contribution in [1.29, 1.82) is 0 Å². The third-order valence-corrected chi connectivity index (χ3v) is 15.4. The maximum Gasteiger partial charge on any atom is 0.252 e. The fraction of sp³-hybridized carbons (Fsp3) is 0.608. The lowest BCUT2D eigenvalue weighted by atomic mass is 9.79. The van der Waals surface area contributed by atoms with E-state index in [4.69, 9.17) is 28.9 Å². The lowest BCUT2D eigenvalue weighted by Crippen LogP contribution is -2.53. The number of benzene rings is 2. The van der Waals surface area contributed by atoms with E-state index in [1.165, 1.54) is 16.7 Å². The van der Waals surface area contributed by atoms with Gasteiger partial charge in [-0.15, -0.1) is 0 Å². The number of nitrogens with zero attached hydrogens (tertiary/aromatic N) is 3. The van der Waals surface area contributed by atoms with Gasteiger partial charge in [-0.3, -0.25) is 33.9 Å². The summed E-state index contributed by atoms with van der Waals surface area (Å²) in [4.78, 5) is 79.8. The molecule has 1 unspecified atom stereocenters. The zero-order chi connectivity index (χ0) is 65.4. The zero-order valence-electron chi connectivity index (χ0n) is 56.9. The van der Waals surface area contributed by atoms with Crippen molar-refractivity contribution >= 4 is 46.4 Å². The fourth-order valence-corrected chi connectivity index (χ4v) is 11.3. The van der Waals surface area contributed by atoms with Crippen LogP contribution in [-0.2, 0) is 65.6 Å². The van der Waals surface area contributed by atoms with Crippen molar-refractivity contribution in [2.45, 2.75) is 186 Å². The van der Waals surface area contributed by atoms with Crippen LogP contribution in [0.4, 0.5) is 5.69 Å². The SMILES string of the molecule is CC(C)Cc1cc(C(=O)NCC(NC(=O)c2cc(CC(C)C)nc(CC(C)C)c2)C(=O)NCCCOCCCCOCCCCOCCCCOCCCNC(=O)CCC(=O)N2Cc3ccccc3/C(C(C)C)=C(/C(C)C)c3ccccc32)cc(CC(C)C)n1. The standard InChI is InChI=1S/C74H111N7O9/c1-51(2)41-60-45-58(46-61(78-60)42-52(3)4)72(84)77-49-66(80-73(85)59-47-62(43-53(5)6)79-63(48-59)44-54(7)8)74(86)76-32-24-40-90-38-22-20-36-88-34-18-17-33-87-35-19-21-37-89-39-23-31-75-68(82)29-30-69(83)81-50-57-25-13-14-26-64(57)70(55(9)10)71(56(11)12)65-27-15-16-28-67(65)81/h13-16,25-28,45-48,51-56,66H,17-24,29-44,49-50H2,1-12H3,(H,75,82)(H,76,86)(H,77,84)(H,80,85)/b71-70-. The van der Waals surface area contributed by atoms with E-state index in [0.29, 0.717) is 126 Å². The molecule has 90 heavy (non-hydrogen) atoms. The van der Waals surface area contributed by atoms with Crippen LogP contribution in [0, 0.1) is 35.5 Å². The fourth-order valence-electron chi connectivity index (χ4n) is 11.3. The molecule has 5 amide bonds. The predicted octanol–water partition coefficient (Wildman–Crippen LogP) is 12.8. The van der Waals surface area contributed by atoms with Crippen molar-refractivity contribution in [3.05, 3.63) is 123 Å². The maximum atomic E-state index is 13.9. The molecule has 1 atom stereocenters. The molecule has 0 radical (unpaired) electrons. The quantitative estimate of drug-likeness (QED) is 0.0308. The van der Waals surface area contributed by atoms with Gasteiger partial charge in [-0.1, -0.05) is 126 Å². The molecule has 0 fully saturated rings. The molecule has 16 heteroatoms. The van der Waals surface area contributed by atoms with Gasteiger partial charge in [-0.2, -0.15) is 0 Å². The summed E-state index contributed by atoms with van der Waals surface area (Å²) in [5, 5.41) is 11.8. The molecule has 0 bridgehead atoms. The third kappa shape index (κ3) is 26.9. The summed E-state index contributed by atoms with van der Waals surface area (Å²) in [6.45, 7) is 32.1. The molecule has 5 rings (SSSR count). The molecular formula is C74H111N7O9. The van der Waals surface area contributed by atoms with Crippen LogP contribution in [0.5, 0.6) is 0 Å². The van der Waals surface area contributed by atoms with Crippen LogP contribution in [-0.4, -0.2) is 118 Å². The van der Waals surface area contributed by atoms with E-state index in [2.05, 4.69) is 129 Å². The minimum absolute atomic E-state index is 0.0622. The lowest BCUT2D eigenvalue weighted by Gasteiger charge is -2.33. The van der Waals surface area contributed by atoms with E-state index in [9.17, 15) is 24.0 Å². The Hall–Kier alpha value is -6.33. The number of aromatic nitrogens is 2. The van der Waals surface area contributed by atoms with E-state index in [1.807, 2.05) is 41.3 Å². The highest BCUT2D eigenvalue weighted by molar-refractivity contribution is 6.03. The number of hydrogen-bond acceptors (Lipinski definition) is 11. The van der Waals surface area contributed by atoms with Crippen LogP contribution < -0.4 is 26.2 Å². The van der Waals surface area contributed by atoms with Crippen LogP contribution in [0.3, 0.4) is 0 Å². The minimum Gasteiger partial charge on any atom is -0.381 e. The molecule has 496 valence electrons. The van der Waals surface area contributed by atoms with Gasteiger partial charge in [-0.05, 0) is 165 Å². The minimum atomic E-state index is -1.03. The van der Waals surface area contributed by atoms with E-state index in [-0.39, 0.29) is 43.0 Å². The van der Waals surface area contributed by atoms with Crippen LogP contribution in [0.15, 0.2) is 72.8 Å². The van der Waals surface area contributed by atoms with Crippen molar-refractivity contribution < 1.29 is 42.9 Å². The molecular weight excluding hydrogens is 1130 g/mol. The molecule has 1 aliphatic heterocycles.